The quantitative estimate of drug-likeness (QED) is 0.626. The predicted octanol–water partition coefficient (Wildman–Crippen LogP) is 4.39. The lowest BCUT2D eigenvalue weighted by molar-refractivity contribution is -0.0328. The molecule has 0 amide bonds. The molecule has 1 rings (SSSR count). The Morgan fingerprint density at radius 3 is 2.58 bits per heavy atom. The van der Waals surface area contributed by atoms with Gasteiger partial charge in [-0.1, -0.05) is 6.08 Å². The van der Waals surface area contributed by atoms with Crippen LogP contribution in [0.25, 0.3) is 0 Å². The van der Waals surface area contributed by atoms with E-state index in [0.29, 0.717) is 18.4 Å². The smallest absolute Gasteiger partial charge is 0.446 e. The average molecular weight is 314 g/mol. The number of thioether (sulfide) groups is 1. The predicted molar refractivity (Wildman–Crippen MR) is 73.6 cm³/mol. The number of rotatable bonds is 5. The van der Waals surface area contributed by atoms with Crippen molar-refractivity contribution in [3.63, 3.8) is 0 Å². The van der Waals surface area contributed by atoms with E-state index in [0.717, 1.165) is 0 Å². The molecule has 1 aromatic rings. The monoisotopic (exact) mass is 313 g/mol. The molecule has 0 aliphatic heterocycles. The second-order valence-corrected chi connectivity index (χ2v) is 4.88. The maximum Gasteiger partial charge on any atom is 0.446 e. The topological polar surface area (TPSA) is 46.2 Å². The molecule has 0 heterocycles. The molecule has 1 atom stereocenters. The standard InChI is InChI=1S/C12H14F3NOS.ClH/c1-2-3-4-10(16)9-7-8(5-6-11(9)17)18-12(13,14)15;/h2,5-7,10,17H,1,3-4,16H2;1H/t10-;/m0./s1. The average Bonchev–Trinajstić information content (AvgIpc) is 2.26. The van der Waals surface area contributed by atoms with Crippen LogP contribution in [-0.4, -0.2) is 10.6 Å². The summed E-state index contributed by atoms with van der Waals surface area (Å²) in [6.45, 7) is 3.54. The molecule has 1 aromatic carbocycles. The van der Waals surface area contributed by atoms with E-state index in [9.17, 15) is 18.3 Å². The van der Waals surface area contributed by atoms with Gasteiger partial charge in [-0.05, 0) is 42.8 Å². The van der Waals surface area contributed by atoms with Crippen LogP contribution in [0.3, 0.4) is 0 Å². The van der Waals surface area contributed by atoms with Crippen molar-refractivity contribution in [2.45, 2.75) is 29.3 Å². The largest absolute Gasteiger partial charge is 0.508 e. The van der Waals surface area contributed by atoms with Crippen molar-refractivity contribution in [1.82, 2.24) is 0 Å². The Morgan fingerprint density at radius 1 is 1.42 bits per heavy atom. The van der Waals surface area contributed by atoms with Crippen LogP contribution in [0.5, 0.6) is 5.75 Å². The van der Waals surface area contributed by atoms with E-state index >= 15 is 0 Å². The fraction of sp³-hybridized carbons (Fsp3) is 0.333. The Morgan fingerprint density at radius 2 is 2.05 bits per heavy atom. The van der Waals surface area contributed by atoms with E-state index < -0.39 is 11.6 Å². The first-order chi connectivity index (χ1) is 8.33. The molecule has 19 heavy (non-hydrogen) atoms. The summed E-state index contributed by atoms with van der Waals surface area (Å²) in [6.07, 6.45) is 2.83. The number of aromatic hydroxyl groups is 1. The SMILES string of the molecule is C=CCC[C@H](N)c1cc(SC(F)(F)F)ccc1O.Cl. The van der Waals surface area contributed by atoms with Gasteiger partial charge in [-0.3, -0.25) is 0 Å². The molecule has 108 valence electrons. The molecule has 0 fully saturated rings. The molecule has 0 radical (unpaired) electrons. The highest BCUT2D eigenvalue weighted by Crippen LogP contribution is 2.39. The van der Waals surface area contributed by atoms with Gasteiger partial charge in [0.1, 0.15) is 5.75 Å². The summed E-state index contributed by atoms with van der Waals surface area (Å²) in [4.78, 5) is 0.0179. The molecule has 0 saturated carbocycles. The molecule has 7 heteroatoms. The number of halogens is 4. The van der Waals surface area contributed by atoms with Gasteiger partial charge in [0, 0.05) is 16.5 Å². The van der Waals surface area contributed by atoms with E-state index in [1.165, 1.54) is 18.2 Å². The fourth-order valence-corrected chi connectivity index (χ4v) is 2.07. The third-order valence-electron chi connectivity index (χ3n) is 2.31. The number of phenols is 1. The summed E-state index contributed by atoms with van der Waals surface area (Å²) < 4.78 is 36.7. The van der Waals surface area contributed by atoms with Crippen molar-refractivity contribution in [3.8, 4) is 5.75 Å². The summed E-state index contributed by atoms with van der Waals surface area (Å²) in [5, 5.41) is 9.61. The molecule has 3 N–H and O–H groups in total. The Hall–Kier alpha value is -0.850. The molecule has 0 aliphatic rings. The van der Waals surface area contributed by atoms with Gasteiger partial charge >= 0.3 is 5.51 Å². The van der Waals surface area contributed by atoms with Crippen LogP contribution in [0.15, 0.2) is 35.7 Å². The number of benzene rings is 1. The van der Waals surface area contributed by atoms with Gasteiger partial charge in [0.05, 0.1) is 0 Å². The van der Waals surface area contributed by atoms with Crippen LogP contribution in [0.2, 0.25) is 0 Å². The van der Waals surface area contributed by atoms with Gasteiger partial charge in [-0.2, -0.15) is 13.2 Å². The van der Waals surface area contributed by atoms with E-state index in [1.54, 1.807) is 6.08 Å². The lowest BCUT2D eigenvalue weighted by atomic mass is 10.0. The van der Waals surface area contributed by atoms with Crippen molar-refractivity contribution in [1.29, 1.82) is 0 Å². The normalized spacial score (nSPS) is 12.6. The third-order valence-corrected chi connectivity index (χ3v) is 3.03. The Bertz CT molecular complexity index is 426. The first kappa shape index (κ1) is 18.1. The van der Waals surface area contributed by atoms with Crippen LogP contribution in [0.1, 0.15) is 24.4 Å². The number of nitrogens with two attached hydrogens (primary N) is 1. The second kappa shape index (κ2) is 7.67. The first-order valence-electron chi connectivity index (χ1n) is 5.28. The van der Waals surface area contributed by atoms with Gasteiger partial charge in [0.15, 0.2) is 0 Å². The minimum atomic E-state index is -4.35. The molecular weight excluding hydrogens is 299 g/mol. The molecule has 0 spiro atoms. The molecule has 0 saturated heterocycles. The molecule has 0 aromatic heterocycles. The number of alkyl halides is 3. The van der Waals surface area contributed by atoms with E-state index in [-0.39, 0.29) is 34.8 Å². The van der Waals surface area contributed by atoms with Crippen LogP contribution >= 0.6 is 24.2 Å². The summed E-state index contributed by atoms with van der Waals surface area (Å²) >= 11 is -0.222. The van der Waals surface area contributed by atoms with Crippen molar-refractivity contribution in [2.24, 2.45) is 5.73 Å². The van der Waals surface area contributed by atoms with Crippen LogP contribution < -0.4 is 5.73 Å². The van der Waals surface area contributed by atoms with Crippen molar-refractivity contribution < 1.29 is 18.3 Å². The zero-order chi connectivity index (χ0) is 13.8. The van der Waals surface area contributed by atoms with E-state index in [2.05, 4.69) is 6.58 Å². The number of hydrogen-bond acceptors (Lipinski definition) is 3. The highest BCUT2D eigenvalue weighted by molar-refractivity contribution is 8.00. The van der Waals surface area contributed by atoms with E-state index in [1.807, 2.05) is 0 Å². The molecule has 0 bridgehead atoms. The summed E-state index contributed by atoms with van der Waals surface area (Å²) in [7, 11) is 0. The Kier molecular flexibility index (Phi) is 7.33. The fourth-order valence-electron chi connectivity index (χ4n) is 1.48. The minimum absolute atomic E-state index is 0. The van der Waals surface area contributed by atoms with Gasteiger partial charge in [0.25, 0.3) is 0 Å². The first-order valence-corrected chi connectivity index (χ1v) is 6.10. The summed E-state index contributed by atoms with van der Waals surface area (Å²) in [6, 6.07) is 3.23. The Labute approximate surface area is 120 Å². The lowest BCUT2D eigenvalue weighted by Crippen LogP contribution is -2.10. The molecular formula is C12H15ClF3NOS. The van der Waals surface area contributed by atoms with Gasteiger partial charge in [0.2, 0.25) is 0 Å². The molecule has 0 unspecified atom stereocenters. The highest BCUT2D eigenvalue weighted by atomic mass is 35.5. The number of phenolic OH excluding ortho intramolecular Hbond substituents is 1. The summed E-state index contributed by atoms with van der Waals surface area (Å²) in [5.74, 6) is -0.0851. The highest BCUT2D eigenvalue weighted by Gasteiger charge is 2.29. The Balaban J connectivity index is 0.00000324. The third kappa shape index (κ3) is 6.22. The van der Waals surface area contributed by atoms with Crippen LogP contribution in [-0.2, 0) is 0 Å². The van der Waals surface area contributed by atoms with Crippen LogP contribution in [0.4, 0.5) is 13.2 Å². The van der Waals surface area contributed by atoms with Gasteiger partial charge in [-0.25, -0.2) is 0 Å². The van der Waals surface area contributed by atoms with E-state index in [4.69, 9.17) is 5.73 Å². The maximum atomic E-state index is 12.2. The van der Waals surface area contributed by atoms with Crippen molar-refractivity contribution in [3.05, 3.63) is 36.4 Å². The van der Waals surface area contributed by atoms with Gasteiger partial charge < -0.3 is 10.8 Å². The van der Waals surface area contributed by atoms with Crippen molar-refractivity contribution in [2.75, 3.05) is 0 Å². The lowest BCUT2D eigenvalue weighted by Gasteiger charge is -2.14. The van der Waals surface area contributed by atoms with Crippen LogP contribution in [0, 0.1) is 0 Å². The maximum absolute atomic E-state index is 12.2. The number of allylic oxidation sites excluding steroid dienone is 1. The molecule has 2 nitrogen and oxygen atoms in total. The zero-order valence-electron chi connectivity index (χ0n) is 9.98. The summed E-state index contributed by atoms with van der Waals surface area (Å²) in [5.41, 5.74) is 1.79. The minimum Gasteiger partial charge on any atom is -0.508 e. The van der Waals surface area contributed by atoms with Crippen molar-refractivity contribution >= 4 is 24.2 Å². The number of hydrogen-bond donors (Lipinski definition) is 2. The second-order valence-electron chi connectivity index (χ2n) is 3.74. The zero-order valence-corrected chi connectivity index (χ0v) is 11.6. The molecule has 0 aliphatic carbocycles. The van der Waals surface area contributed by atoms with Gasteiger partial charge in [-0.15, -0.1) is 19.0 Å².